The Labute approximate surface area is 178 Å². The van der Waals surface area contributed by atoms with Gasteiger partial charge in [0.15, 0.2) is 0 Å². The van der Waals surface area contributed by atoms with Crippen molar-refractivity contribution in [1.29, 1.82) is 0 Å². The van der Waals surface area contributed by atoms with Crippen LogP contribution < -0.4 is 0 Å². The van der Waals surface area contributed by atoms with E-state index >= 15 is 0 Å². The molecular weight excluding hydrogens is 370 g/mol. The summed E-state index contributed by atoms with van der Waals surface area (Å²) in [5, 5.41) is 3.89. The van der Waals surface area contributed by atoms with Crippen LogP contribution in [0.1, 0.15) is 36.8 Å². The number of benzene rings is 2. The number of piperidine rings is 1. The van der Waals surface area contributed by atoms with E-state index < -0.39 is 0 Å². The molecule has 0 aliphatic carbocycles. The molecule has 0 amide bonds. The zero-order valence-electron chi connectivity index (χ0n) is 17.8. The van der Waals surface area contributed by atoms with Crippen molar-refractivity contribution < 1.29 is 4.74 Å². The highest BCUT2D eigenvalue weighted by Gasteiger charge is 2.13. The van der Waals surface area contributed by atoms with E-state index in [9.17, 15) is 0 Å². The molecule has 156 valence electrons. The number of hydrogen-bond acceptors (Lipinski definition) is 2. The second-order valence-electron chi connectivity index (χ2n) is 8.59. The molecule has 0 unspecified atom stereocenters. The Morgan fingerprint density at radius 1 is 0.967 bits per heavy atom. The first-order valence-electron chi connectivity index (χ1n) is 11.2. The lowest BCUT2D eigenvalue weighted by Crippen LogP contribution is -2.28. The highest BCUT2D eigenvalue weighted by atomic mass is 16.5. The minimum atomic E-state index is 0.801. The Morgan fingerprint density at radius 3 is 2.70 bits per heavy atom. The van der Waals surface area contributed by atoms with Gasteiger partial charge in [-0.2, -0.15) is 0 Å². The van der Waals surface area contributed by atoms with Crippen molar-refractivity contribution in [2.45, 2.75) is 38.6 Å². The van der Waals surface area contributed by atoms with E-state index in [1.165, 1.54) is 76.4 Å². The number of aryl methyl sites for hydroxylation is 1. The first kappa shape index (κ1) is 19.4. The lowest BCUT2D eigenvalue weighted by Gasteiger charge is -2.26. The SMILES string of the molecule is COCCCc1ccc(-c2cc3cc(CN4CCCCC4)ccc3[nH]2)c2c[nH]cc12. The van der Waals surface area contributed by atoms with Gasteiger partial charge in [0.2, 0.25) is 0 Å². The third-order valence-corrected chi connectivity index (χ3v) is 6.46. The van der Waals surface area contributed by atoms with Gasteiger partial charge in [-0.25, -0.2) is 0 Å². The van der Waals surface area contributed by atoms with Gasteiger partial charge >= 0.3 is 0 Å². The van der Waals surface area contributed by atoms with Gasteiger partial charge < -0.3 is 14.7 Å². The maximum Gasteiger partial charge on any atom is 0.0471 e. The Hall–Kier alpha value is -2.56. The summed E-state index contributed by atoms with van der Waals surface area (Å²) in [6, 6.07) is 13.7. The van der Waals surface area contributed by atoms with Crippen molar-refractivity contribution in [1.82, 2.24) is 14.9 Å². The molecule has 2 aromatic heterocycles. The number of ether oxygens (including phenoxy) is 1. The van der Waals surface area contributed by atoms with Gasteiger partial charge in [-0.05, 0) is 68.1 Å². The van der Waals surface area contributed by atoms with Gasteiger partial charge in [-0.1, -0.05) is 24.6 Å². The Morgan fingerprint density at radius 2 is 1.83 bits per heavy atom. The number of nitrogens with one attached hydrogen (secondary N) is 2. The first-order valence-corrected chi connectivity index (χ1v) is 11.2. The van der Waals surface area contributed by atoms with Crippen molar-refractivity contribution >= 4 is 21.7 Å². The predicted octanol–water partition coefficient (Wildman–Crippen LogP) is 5.88. The van der Waals surface area contributed by atoms with E-state index in [2.05, 4.69) is 63.7 Å². The fourth-order valence-electron chi connectivity index (χ4n) is 4.88. The summed E-state index contributed by atoms with van der Waals surface area (Å²) in [7, 11) is 1.77. The molecule has 3 heterocycles. The largest absolute Gasteiger partial charge is 0.385 e. The molecule has 5 rings (SSSR count). The van der Waals surface area contributed by atoms with Crippen LogP contribution in [0.5, 0.6) is 0 Å². The first-order chi connectivity index (χ1) is 14.8. The molecule has 2 aromatic carbocycles. The molecule has 4 aromatic rings. The molecule has 1 saturated heterocycles. The van der Waals surface area contributed by atoms with Crippen LogP contribution in [-0.2, 0) is 17.7 Å². The van der Waals surface area contributed by atoms with E-state index in [1.54, 1.807) is 7.11 Å². The summed E-state index contributed by atoms with van der Waals surface area (Å²) < 4.78 is 5.23. The number of rotatable bonds is 7. The zero-order valence-corrected chi connectivity index (χ0v) is 17.8. The van der Waals surface area contributed by atoms with Crippen molar-refractivity contribution in [3.8, 4) is 11.3 Å². The monoisotopic (exact) mass is 401 g/mol. The van der Waals surface area contributed by atoms with Gasteiger partial charge in [-0.3, -0.25) is 4.90 Å². The van der Waals surface area contributed by atoms with E-state index in [0.29, 0.717) is 0 Å². The number of hydrogen-bond donors (Lipinski definition) is 2. The van der Waals surface area contributed by atoms with Crippen molar-refractivity contribution in [2.75, 3.05) is 26.8 Å². The van der Waals surface area contributed by atoms with E-state index in [-0.39, 0.29) is 0 Å². The van der Waals surface area contributed by atoms with Crippen molar-refractivity contribution in [2.24, 2.45) is 0 Å². The van der Waals surface area contributed by atoms with Gasteiger partial charge in [0.05, 0.1) is 0 Å². The van der Waals surface area contributed by atoms with Crippen molar-refractivity contribution in [3.63, 3.8) is 0 Å². The van der Waals surface area contributed by atoms with Crippen LogP contribution in [0.4, 0.5) is 0 Å². The van der Waals surface area contributed by atoms with E-state index in [4.69, 9.17) is 4.74 Å². The highest BCUT2D eigenvalue weighted by Crippen LogP contribution is 2.33. The smallest absolute Gasteiger partial charge is 0.0471 e. The Bertz CT molecular complexity index is 1130. The number of nitrogens with zero attached hydrogens (tertiary/aromatic N) is 1. The van der Waals surface area contributed by atoms with Gasteiger partial charge in [0.1, 0.15) is 0 Å². The minimum Gasteiger partial charge on any atom is -0.385 e. The fourth-order valence-corrected chi connectivity index (χ4v) is 4.88. The third kappa shape index (κ3) is 3.90. The number of methoxy groups -OCH3 is 1. The maximum atomic E-state index is 5.23. The molecule has 0 saturated carbocycles. The van der Waals surface area contributed by atoms with E-state index in [1.807, 2.05) is 0 Å². The lowest BCUT2D eigenvalue weighted by atomic mass is 9.99. The van der Waals surface area contributed by atoms with Gasteiger partial charge in [0, 0.05) is 65.6 Å². The number of aromatic nitrogens is 2. The summed E-state index contributed by atoms with van der Waals surface area (Å²) in [5.74, 6) is 0. The summed E-state index contributed by atoms with van der Waals surface area (Å²) >= 11 is 0. The van der Waals surface area contributed by atoms with Crippen LogP contribution in [0.2, 0.25) is 0 Å². The van der Waals surface area contributed by atoms with Crippen LogP contribution >= 0.6 is 0 Å². The number of H-pyrrole nitrogens is 2. The number of likely N-dealkylation sites (tertiary alicyclic amines) is 1. The fraction of sp³-hybridized carbons (Fsp3) is 0.385. The number of aromatic amines is 2. The normalized spacial score (nSPS) is 15.4. The molecule has 30 heavy (non-hydrogen) atoms. The van der Waals surface area contributed by atoms with Gasteiger partial charge in [-0.15, -0.1) is 0 Å². The molecule has 0 atom stereocenters. The molecule has 1 aliphatic heterocycles. The molecule has 4 heteroatoms. The Kier molecular flexibility index (Phi) is 5.60. The van der Waals surface area contributed by atoms with Gasteiger partial charge in [0.25, 0.3) is 0 Å². The zero-order chi connectivity index (χ0) is 20.3. The average molecular weight is 402 g/mol. The molecule has 0 spiro atoms. The standard InChI is InChI=1S/C26H31N3O/c1-30-13-5-6-20-8-9-22(24-17-27-16-23(20)24)26-15-21-14-19(7-10-25(21)28-26)18-29-11-3-2-4-12-29/h7-10,14-17,27-28H,2-6,11-13,18H2,1H3. The molecular formula is C26H31N3O. The molecule has 0 bridgehead atoms. The maximum absolute atomic E-state index is 5.23. The van der Waals surface area contributed by atoms with Crippen LogP contribution in [0.3, 0.4) is 0 Å². The number of fused-ring (bicyclic) bond motifs is 2. The second-order valence-corrected chi connectivity index (χ2v) is 8.59. The summed E-state index contributed by atoms with van der Waals surface area (Å²) in [5.41, 5.74) is 6.45. The quantitative estimate of drug-likeness (QED) is 0.380. The summed E-state index contributed by atoms with van der Waals surface area (Å²) in [6.45, 7) is 4.33. The molecule has 0 radical (unpaired) electrons. The molecule has 1 fully saturated rings. The molecule has 2 N–H and O–H groups in total. The summed E-state index contributed by atoms with van der Waals surface area (Å²) in [6.07, 6.45) is 10.4. The average Bonchev–Trinajstić information content (AvgIpc) is 3.42. The third-order valence-electron chi connectivity index (χ3n) is 6.46. The summed E-state index contributed by atoms with van der Waals surface area (Å²) in [4.78, 5) is 9.55. The van der Waals surface area contributed by atoms with Crippen LogP contribution in [0.15, 0.2) is 48.8 Å². The second kappa shape index (κ2) is 8.66. The highest BCUT2D eigenvalue weighted by molar-refractivity contribution is 6.00. The topological polar surface area (TPSA) is 44.0 Å². The molecule has 1 aliphatic rings. The molecule has 4 nitrogen and oxygen atoms in total. The van der Waals surface area contributed by atoms with E-state index in [0.717, 1.165) is 26.0 Å². The van der Waals surface area contributed by atoms with Crippen LogP contribution in [0, 0.1) is 0 Å². The Balaban J connectivity index is 1.43. The minimum absolute atomic E-state index is 0.801. The van der Waals surface area contributed by atoms with Crippen molar-refractivity contribution in [3.05, 3.63) is 59.9 Å². The lowest BCUT2D eigenvalue weighted by molar-refractivity contribution is 0.195. The van der Waals surface area contributed by atoms with Crippen LogP contribution in [-0.4, -0.2) is 41.7 Å². The predicted molar refractivity (Wildman–Crippen MR) is 125 cm³/mol. The van der Waals surface area contributed by atoms with Crippen LogP contribution in [0.25, 0.3) is 32.9 Å².